The van der Waals surface area contributed by atoms with Crippen molar-refractivity contribution in [1.82, 2.24) is 0 Å². The van der Waals surface area contributed by atoms with Crippen LogP contribution in [0.2, 0.25) is 0 Å². The zero-order chi connectivity index (χ0) is 12.6. The maximum atomic E-state index is 11.3. The molecule has 0 aliphatic carbocycles. The number of carboxylic acid groups (broad SMARTS) is 1. The highest BCUT2D eigenvalue weighted by atomic mass is 32.2. The molecule has 7 heteroatoms. The van der Waals surface area contributed by atoms with Gasteiger partial charge in [0.05, 0.1) is 6.61 Å². The summed E-state index contributed by atoms with van der Waals surface area (Å²) >= 11 is 9.28. The van der Waals surface area contributed by atoms with E-state index >= 15 is 0 Å². The van der Waals surface area contributed by atoms with Gasteiger partial charge in [-0.3, -0.25) is 9.59 Å². The molecule has 0 bridgehead atoms. The van der Waals surface area contributed by atoms with E-state index in [0.717, 1.165) is 6.42 Å². The normalized spacial score (nSPS) is 14.2. The molecule has 0 saturated heterocycles. The average Bonchev–Trinajstić information content (AvgIpc) is 2.25. The Labute approximate surface area is 110 Å². The van der Waals surface area contributed by atoms with E-state index in [1.54, 1.807) is 0 Å². The van der Waals surface area contributed by atoms with Crippen molar-refractivity contribution in [2.24, 2.45) is 0 Å². The summed E-state index contributed by atoms with van der Waals surface area (Å²) in [5.41, 5.74) is 0. The van der Waals surface area contributed by atoms with Gasteiger partial charge in [0.25, 0.3) is 0 Å². The lowest BCUT2D eigenvalue weighted by molar-refractivity contribution is -0.142. The van der Waals surface area contributed by atoms with Crippen LogP contribution >= 0.6 is 37.0 Å². The van der Waals surface area contributed by atoms with Crippen molar-refractivity contribution in [3.8, 4) is 0 Å². The molecule has 0 rings (SSSR count). The first kappa shape index (κ1) is 16.0. The molecule has 0 heterocycles. The second-order valence-corrected chi connectivity index (χ2v) is 5.40. The van der Waals surface area contributed by atoms with E-state index in [0.29, 0.717) is 18.1 Å². The second-order valence-electron chi connectivity index (χ2n) is 3.07. The fraction of sp³-hybridized carbons (Fsp3) is 0.778. The van der Waals surface area contributed by atoms with Gasteiger partial charge in [-0.2, -0.15) is 37.0 Å². The van der Waals surface area contributed by atoms with Gasteiger partial charge in [0.1, 0.15) is 10.5 Å². The zero-order valence-electron chi connectivity index (χ0n) is 8.96. The van der Waals surface area contributed by atoms with Crippen molar-refractivity contribution in [2.75, 3.05) is 18.1 Å². The van der Waals surface area contributed by atoms with Crippen LogP contribution in [0.15, 0.2) is 0 Å². The van der Waals surface area contributed by atoms with Crippen LogP contribution < -0.4 is 0 Å². The molecule has 0 aliphatic heterocycles. The minimum Gasteiger partial charge on any atom is -0.480 e. The van der Waals surface area contributed by atoms with E-state index in [-0.39, 0.29) is 5.97 Å². The average molecular weight is 284 g/mol. The number of thioether (sulfide) groups is 1. The summed E-state index contributed by atoms with van der Waals surface area (Å²) in [5, 5.41) is 7.35. The van der Waals surface area contributed by atoms with Crippen molar-refractivity contribution in [3.05, 3.63) is 0 Å². The summed E-state index contributed by atoms with van der Waals surface area (Å²) in [6, 6.07) is 0. The number of carbonyl (C=O) groups is 2. The molecule has 0 aromatic carbocycles. The Morgan fingerprint density at radius 2 is 1.88 bits per heavy atom. The molecule has 0 amide bonds. The Hall–Kier alpha value is -0.0100. The van der Waals surface area contributed by atoms with Crippen molar-refractivity contribution in [1.29, 1.82) is 0 Å². The molecule has 16 heavy (non-hydrogen) atoms. The standard InChI is InChI=1S/C9H16O4S3/c1-2-3-13-9(12)7(15)5-16-4-6(14)8(10)11/h6-7,14-15H,2-5H2,1H3,(H,10,11). The van der Waals surface area contributed by atoms with Gasteiger partial charge in [0.2, 0.25) is 0 Å². The van der Waals surface area contributed by atoms with Gasteiger partial charge in [-0.1, -0.05) is 6.92 Å². The van der Waals surface area contributed by atoms with Crippen LogP contribution in [0.3, 0.4) is 0 Å². The predicted octanol–water partition coefficient (Wildman–Crippen LogP) is 1.35. The highest BCUT2D eigenvalue weighted by Gasteiger charge is 2.17. The van der Waals surface area contributed by atoms with Gasteiger partial charge in [0, 0.05) is 11.5 Å². The van der Waals surface area contributed by atoms with Gasteiger partial charge >= 0.3 is 11.9 Å². The minimum absolute atomic E-state index is 0.344. The second kappa shape index (κ2) is 9.07. The topological polar surface area (TPSA) is 63.6 Å². The monoisotopic (exact) mass is 284 g/mol. The molecule has 0 saturated carbocycles. The summed E-state index contributed by atoms with van der Waals surface area (Å²) in [4.78, 5) is 21.7. The molecule has 0 spiro atoms. The van der Waals surface area contributed by atoms with Crippen LogP contribution in [0.1, 0.15) is 13.3 Å². The zero-order valence-corrected chi connectivity index (χ0v) is 11.6. The lowest BCUT2D eigenvalue weighted by atomic mass is 10.5. The lowest BCUT2D eigenvalue weighted by Crippen LogP contribution is -2.22. The molecule has 2 atom stereocenters. The van der Waals surface area contributed by atoms with Crippen molar-refractivity contribution in [3.63, 3.8) is 0 Å². The van der Waals surface area contributed by atoms with Crippen molar-refractivity contribution < 1.29 is 19.4 Å². The van der Waals surface area contributed by atoms with Gasteiger partial charge in [0.15, 0.2) is 0 Å². The predicted molar refractivity (Wildman–Crippen MR) is 71.8 cm³/mol. The third-order valence-corrected chi connectivity index (χ3v) is 3.99. The summed E-state index contributed by atoms with van der Waals surface area (Å²) in [6.07, 6.45) is 0.775. The SMILES string of the molecule is CCCOC(=O)C(S)CSCC(S)C(=O)O. The smallest absolute Gasteiger partial charge is 0.319 e. The van der Waals surface area contributed by atoms with E-state index in [4.69, 9.17) is 9.84 Å². The number of esters is 1. The highest BCUT2D eigenvalue weighted by molar-refractivity contribution is 8.01. The number of thiol groups is 2. The Kier molecular flexibility index (Phi) is 9.06. The first-order valence-corrected chi connectivity index (χ1v) is 7.01. The summed E-state index contributed by atoms with van der Waals surface area (Å²) in [6.45, 7) is 2.30. The number of carboxylic acids is 1. The largest absolute Gasteiger partial charge is 0.480 e. The third kappa shape index (κ3) is 7.29. The molecule has 2 unspecified atom stereocenters. The fourth-order valence-electron chi connectivity index (χ4n) is 0.729. The Bertz CT molecular complexity index is 235. The van der Waals surface area contributed by atoms with Crippen LogP contribution in [0.4, 0.5) is 0 Å². The number of hydrogen-bond donors (Lipinski definition) is 3. The first-order chi connectivity index (χ1) is 7.49. The van der Waals surface area contributed by atoms with Crippen molar-refractivity contribution >= 4 is 49.0 Å². The van der Waals surface area contributed by atoms with Crippen LogP contribution in [0.25, 0.3) is 0 Å². The van der Waals surface area contributed by atoms with E-state index in [2.05, 4.69) is 25.3 Å². The van der Waals surface area contributed by atoms with Gasteiger partial charge in [-0.15, -0.1) is 0 Å². The Balaban J connectivity index is 3.68. The summed E-state index contributed by atoms with van der Waals surface area (Å²) in [7, 11) is 0. The molecule has 0 aromatic heterocycles. The van der Waals surface area contributed by atoms with Gasteiger partial charge < -0.3 is 9.84 Å². The van der Waals surface area contributed by atoms with E-state index in [1.807, 2.05) is 6.92 Å². The highest BCUT2D eigenvalue weighted by Crippen LogP contribution is 2.13. The molecular weight excluding hydrogens is 268 g/mol. The maximum Gasteiger partial charge on any atom is 0.319 e. The number of carbonyl (C=O) groups excluding carboxylic acids is 1. The molecule has 0 radical (unpaired) electrons. The Morgan fingerprint density at radius 3 is 2.38 bits per heavy atom. The minimum atomic E-state index is -0.958. The van der Waals surface area contributed by atoms with Gasteiger partial charge in [-0.05, 0) is 6.42 Å². The maximum absolute atomic E-state index is 11.3. The Morgan fingerprint density at radius 1 is 1.31 bits per heavy atom. The van der Waals surface area contributed by atoms with Crippen LogP contribution in [-0.2, 0) is 14.3 Å². The first-order valence-electron chi connectivity index (χ1n) is 4.82. The van der Waals surface area contributed by atoms with Crippen LogP contribution in [0.5, 0.6) is 0 Å². The fourth-order valence-corrected chi connectivity index (χ4v) is 2.30. The third-order valence-electron chi connectivity index (χ3n) is 1.56. The summed E-state index contributed by atoms with van der Waals surface area (Å²) < 4.78 is 4.89. The molecule has 1 N–H and O–H groups in total. The van der Waals surface area contributed by atoms with E-state index < -0.39 is 16.5 Å². The molecule has 0 fully saturated rings. The molecule has 0 aromatic rings. The molecule has 4 nitrogen and oxygen atoms in total. The molecule has 0 aliphatic rings. The summed E-state index contributed by atoms with van der Waals surface area (Å²) in [5.74, 6) is -0.546. The van der Waals surface area contributed by atoms with Gasteiger partial charge in [-0.25, -0.2) is 0 Å². The number of rotatable bonds is 8. The quantitative estimate of drug-likeness (QED) is 0.464. The lowest BCUT2D eigenvalue weighted by Gasteiger charge is -2.10. The van der Waals surface area contributed by atoms with Crippen LogP contribution in [-0.4, -0.2) is 45.7 Å². The number of ether oxygens (including phenoxy) is 1. The number of aliphatic carboxylic acids is 1. The van der Waals surface area contributed by atoms with Crippen molar-refractivity contribution in [2.45, 2.75) is 23.8 Å². The number of hydrogen-bond acceptors (Lipinski definition) is 6. The molecular formula is C9H16O4S3. The van der Waals surface area contributed by atoms with E-state index in [9.17, 15) is 9.59 Å². The van der Waals surface area contributed by atoms with E-state index in [1.165, 1.54) is 11.8 Å². The van der Waals surface area contributed by atoms with Crippen LogP contribution in [0, 0.1) is 0 Å². The molecule has 94 valence electrons.